The van der Waals surface area contributed by atoms with E-state index in [1.807, 2.05) is 10.6 Å². The summed E-state index contributed by atoms with van der Waals surface area (Å²) in [5.74, 6) is -13.5. The summed E-state index contributed by atoms with van der Waals surface area (Å²) in [5, 5.41) is 51.8. The van der Waals surface area contributed by atoms with Gasteiger partial charge in [0.1, 0.15) is 42.4 Å². The van der Waals surface area contributed by atoms with Gasteiger partial charge < -0.3 is 68.1 Å². The first-order valence-electron chi connectivity index (χ1n) is 16.1. The molecule has 0 aromatic heterocycles. The smallest absolute Gasteiger partial charge is 0.408 e. The fraction of sp³-hybridized carbons (Fsp3) is 0.633. The number of alkyl carbamates (subject to hydrolysis) is 1. The molecule has 0 rings (SSSR count). The molecule has 54 heavy (non-hydrogen) atoms. The van der Waals surface area contributed by atoms with Crippen LogP contribution >= 0.6 is 0 Å². The van der Waals surface area contributed by atoms with Crippen LogP contribution in [0.25, 0.3) is 0 Å². The van der Waals surface area contributed by atoms with Crippen LogP contribution in [0, 0.1) is 5.92 Å². The maximum Gasteiger partial charge on any atom is 0.408 e. The van der Waals surface area contributed by atoms with Gasteiger partial charge in [-0.3, -0.25) is 47.9 Å². The minimum absolute atomic E-state index is 0.796. The number of aliphatic hydroxyl groups excluding tert-OH is 1. The Morgan fingerprint density at radius 1 is 0.574 bits per heavy atom. The van der Waals surface area contributed by atoms with E-state index in [0.717, 1.165) is 6.92 Å². The molecule has 24 heteroatoms. The Morgan fingerprint density at radius 2 is 1.02 bits per heavy atom. The quantitative estimate of drug-likeness (QED) is 0.0490. The third-order valence-electron chi connectivity index (χ3n) is 6.60. The summed E-state index contributed by atoms with van der Waals surface area (Å²) in [6.07, 6.45) is -5.52. The number of carboxylic acid groups (broad SMARTS) is 3. The summed E-state index contributed by atoms with van der Waals surface area (Å²) in [7, 11) is 0. The molecule has 0 fully saturated rings. The van der Waals surface area contributed by atoms with Crippen LogP contribution in [0.2, 0.25) is 0 Å². The molecular formula is C30H48N8O16. The first-order chi connectivity index (χ1) is 24.7. The van der Waals surface area contributed by atoms with Gasteiger partial charge in [-0.2, -0.15) is 0 Å². The number of aliphatic carboxylic acids is 3. The van der Waals surface area contributed by atoms with Crippen molar-refractivity contribution in [2.45, 2.75) is 103 Å². The molecule has 0 aromatic rings. The van der Waals surface area contributed by atoms with Crippen LogP contribution in [-0.2, 0) is 52.7 Å². The number of nitrogens with two attached hydrogens (primary N) is 1. The fourth-order valence-electron chi connectivity index (χ4n) is 4.15. The molecule has 0 saturated carbocycles. The highest BCUT2D eigenvalue weighted by atomic mass is 16.6. The number of amides is 8. The number of nitrogens with one attached hydrogen (secondary N) is 7. The van der Waals surface area contributed by atoms with Crippen molar-refractivity contribution < 1.29 is 77.9 Å². The SMILES string of the molecule is CC(C)C(NC(=O)C(CC(=O)O)NC(=O)C(NC(=O)OC(C)(C)C)C(C)O)C(=O)NC(CC(N)=O)C(=O)NCC(=O)NC(CC(=O)O)C(=O)NCC(=O)O. The van der Waals surface area contributed by atoms with Crippen LogP contribution in [-0.4, -0.2) is 141 Å². The number of hydrogen-bond acceptors (Lipinski definition) is 13. The van der Waals surface area contributed by atoms with E-state index in [4.69, 9.17) is 20.7 Å². The zero-order valence-electron chi connectivity index (χ0n) is 30.3. The van der Waals surface area contributed by atoms with E-state index < -0.39 is 146 Å². The van der Waals surface area contributed by atoms with Gasteiger partial charge in [0.25, 0.3) is 0 Å². The first-order valence-corrected chi connectivity index (χ1v) is 16.1. The zero-order valence-corrected chi connectivity index (χ0v) is 30.3. The second kappa shape index (κ2) is 22.1. The molecule has 0 aliphatic heterocycles. The Balaban J connectivity index is 5.91. The summed E-state index contributed by atoms with van der Waals surface area (Å²) in [6, 6.07) is -8.71. The number of carboxylic acids is 3. The van der Waals surface area contributed by atoms with Crippen molar-refractivity contribution in [3.05, 3.63) is 0 Å². The third-order valence-corrected chi connectivity index (χ3v) is 6.60. The predicted molar refractivity (Wildman–Crippen MR) is 179 cm³/mol. The summed E-state index contributed by atoms with van der Waals surface area (Å²) in [4.78, 5) is 134. The molecule has 0 saturated heterocycles. The predicted octanol–water partition coefficient (Wildman–Crippen LogP) is -5.00. The maximum absolute atomic E-state index is 13.3. The van der Waals surface area contributed by atoms with Gasteiger partial charge in [-0.15, -0.1) is 0 Å². The maximum atomic E-state index is 13.3. The van der Waals surface area contributed by atoms with Gasteiger partial charge in [-0.25, -0.2) is 4.79 Å². The van der Waals surface area contributed by atoms with Crippen molar-refractivity contribution in [1.29, 1.82) is 0 Å². The molecule has 6 atom stereocenters. The Morgan fingerprint density at radius 3 is 1.43 bits per heavy atom. The lowest BCUT2D eigenvalue weighted by Crippen LogP contribution is -2.61. The fourth-order valence-corrected chi connectivity index (χ4v) is 4.15. The van der Waals surface area contributed by atoms with Gasteiger partial charge >= 0.3 is 24.0 Å². The van der Waals surface area contributed by atoms with E-state index in [1.165, 1.54) is 34.6 Å². The monoisotopic (exact) mass is 776 g/mol. The highest BCUT2D eigenvalue weighted by Gasteiger charge is 2.36. The topological polar surface area (TPSA) is 388 Å². The lowest BCUT2D eigenvalue weighted by atomic mass is 10.0. The number of primary amides is 1. The van der Waals surface area contributed by atoms with Crippen molar-refractivity contribution >= 4 is 65.4 Å². The molecule has 8 amide bonds. The molecule has 13 N–H and O–H groups in total. The molecule has 304 valence electrons. The first kappa shape index (κ1) is 47.9. The van der Waals surface area contributed by atoms with Gasteiger partial charge in [0.2, 0.25) is 41.4 Å². The van der Waals surface area contributed by atoms with Gasteiger partial charge in [0.05, 0.1) is 31.9 Å². The second-order valence-electron chi connectivity index (χ2n) is 13.0. The number of carbonyl (C=O) groups excluding carboxylic acids is 8. The van der Waals surface area contributed by atoms with Crippen molar-refractivity contribution in [1.82, 2.24) is 37.2 Å². The van der Waals surface area contributed by atoms with Crippen LogP contribution in [0.4, 0.5) is 4.79 Å². The van der Waals surface area contributed by atoms with E-state index in [9.17, 15) is 63.0 Å². The zero-order chi connectivity index (χ0) is 42.1. The van der Waals surface area contributed by atoms with Crippen LogP contribution < -0.4 is 43.0 Å². The number of aliphatic hydroxyl groups is 1. The summed E-state index contributed by atoms with van der Waals surface area (Å²) >= 11 is 0. The van der Waals surface area contributed by atoms with Crippen LogP contribution in [0.3, 0.4) is 0 Å². The van der Waals surface area contributed by atoms with E-state index >= 15 is 0 Å². The van der Waals surface area contributed by atoms with Crippen molar-refractivity contribution in [3.8, 4) is 0 Å². The molecule has 0 radical (unpaired) electrons. The Hall–Kier alpha value is -6.07. The Bertz CT molecular complexity index is 1440. The number of rotatable bonds is 22. The van der Waals surface area contributed by atoms with Gasteiger partial charge in [-0.1, -0.05) is 13.8 Å². The van der Waals surface area contributed by atoms with E-state index in [-0.39, 0.29) is 0 Å². The minimum Gasteiger partial charge on any atom is -0.481 e. The third kappa shape index (κ3) is 19.5. The average molecular weight is 777 g/mol. The number of carbonyl (C=O) groups is 11. The van der Waals surface area contributed by atoms with Crippen molar-refractivity contribution in [3.63, 3.8) is 0 Å². The molecule has 0 bridgehead atoms. The summed E-state index contributed by atoms with van der Waals surface area (Å²) in [5.41, 5.74) is 4.21. The van der Waals surface area contributed by atoms with Crippen LogP contribution in [0.1, 0.15) is 60.8 Å². The number of ether oxygens (including phenoxy) is 1. The summed E-state index contributed by atoms with van der Waals surface area (Å²) < 4.78 is 5.05. The highest BCUT2D eigenvalue weighted by molar-refractivity contribution is 5.98. The minimum atomic E-state index is -1.88. The van der Waals surface area contributed by atoms with Crippen LogP contribution in [0.15, 0.2) is 0 Å². The van der Waals surface area contributed by atoms with Gasteiger partial charge in [0, 0.05) is 0 Å². The van der Waals surface area contributed by atoms with E-state index in [1.54, 1.807) is 0 Å². The molecule has 0 heterocycles. The van der Waals surface area contributed by atoms with E-state index in [2.05, 4.69) is 26.6 Å². The molecular weight excluding hydrogens is 728 g/mol. The molecule has 6 unspecified atom stereocenters. The van der Waals surface area contributed by atoms with Gasteiger partial charge in [0.15, 0.2) is 0 Å². The molecule has 0 aliphatic carbocycles. The van der Waals surface area contributed by atoms with Gasteiger partial charge in [-0.05, 0) is 33.6 Å². The lowest BCUT2D eigenvalue weighted by molar-refractivity contribution is -0.142. The molecule has 0 aliphatic rings. The average Bonchev–Trinajstić information content (AvgIpc) is 3.00. The summed E-state index contributed by atoms with van der Waals surface area (Å²) in [6.45, 7) is 6.73. The molecule has 0 spiro atoms. The molecule has 24 nitrogen and oxygen atoms in total. The standard InChI is InChI=1S/C30H48N8O16/c1-12(2)22(37-26(50)16(9-20(44)45)36-28(52)23(13(3)39)38-29(53)54-30(4,5)6)27(51)35-14(7-17(31)40)24(48)32-10-18(41)34-15(8-19(42)43)25(49)33-11-21(46)47/h12-16,22-23,39H,7-11H2,1-6H3,(H2,31,40)(H,32,48)(H,33,49)(H,34,41)(H,35,51)(H,36,52)(H,37,50)(H,38,53)(H,42,43)(H,44,45)(H,46,47). The largest absolute Gasteiger partial charge is 0.481 e. The Labute approximate surface area is 308 Å². The van der Waals surface area contributed by atoms with Crippen molar-refractivity contribution in [2.24, 2.45) is 11.7 Å². The second-order valence-corrected chi connectivity index (χ2v) is 13.0. The highest BCUT2D eigenvalue weighted by Crippen LogP contribution is 2.09. The normalized spacial score (nSPS) is 14.3. The van der Waals surface area contributed by atoms with E-state index in [0.29, 0.717) is 0 Å². The number of hydrogen-bond donors (Lipinski definition) is 12. The molecule has 0 aromatic carbocycles. The Kier molecular flexibility index (Phi) is 19.6. The van der Waals surface area contributed by atoms with Crippen LogP contribution in [0.5, 0.6) is 0 Å². The lowest BCUT2D eigenvalue weighted by Gasteiger charge is -2.28. The van der Waals surface area contributed by atoms with Crippen molar-refractivity contribution in [2.75, 3.05) is 13.1 Å².